The average molecular weight is 421 g/mol. The number of rotatable bonds is 3. The Labute approximate surface area is 168 Å². The maximum absolute atomic E-state index is 12.3. The second kappa shape index (κ2) is 7.31. The van der Waals surface area contributed by atoms with Crippen LogP contribution < -0.4 is 4.90 Å². The van der Waals surface area contributed by atoms with E-state index in [4.69, 9.17) is 21.3 Å². The number of ether oxygens (including phenoxy) is 1. The number of pyridine rings is 1. The molecule has 8 nitrogen and oxygen atoms in total. The summed E-state index contributed by atoms with van der Waals surface area (Å²) < 4.78 is 22.1. The second-order valence-electron chi connectivity index (χ2n) is 7.03. The van der Waals surface area contributed by atoms with Gasteiger partial charge in [-0.3, -0.25) is 0 Å². The van der Waals surface area contributed by atoms with Crippen LogP contribution in [0.5, 0.6) is 0 Å². The minimum atomic E-state index is -2.38. The van der Waals surface area contributed by atoms with Gasteiger partial charge >= 0.3 is 0 Å². The molecule has 0 saturated carbocycles. The number of nitrogens with zero attached hydrogens (tertiary/aromatic N) is 5. The molecule has 0 aliphatic carbocycles. The van der Waals surface area contributed by atoms with Crippen molar-refractivity contribution in [1.82, 2.24) is 19.9 Å². The summed E-state index contributed by atoms with van der Waals surface area (Å²) in [4.78, 5) is 18.8. The van der Waals surface area contributed by atoms with E-state index in [1.54, 1.807) is 30.8 Å². The third-order valence-corrected chi connectivity index (χ3v) is 5.23. The van der Waals surface area contributed by atoms with Gasteiger partial charge in [0.15, 0.2) is 11.6 Å². The normalized spacial score (nSPS) is 17.9. The zero-order valence-electron chi connectivity index (χ0n) is 15.8. The lowest BCUT2D eigenvalue weighted by Gasteiger charge is -2.34. The van der Waals surface area contributed by atoms with Crippen LogP contribution in [0.2, 0.25) is 5.15 Å². The highest BCUT2D eigenvalue weighted by molar-refractivity contribution is 7.92. The first-order valence-electron chi connectivity index (χ1n) is 8.85. The molecule has 1 N–H and O–H groups in total. The Morgan fingerprint density at radius 1 is 1.32 bits per heavy atom. The van der Waals surface area contributed by atoms with E-state index in [9.17, 15) is 4.21 Å². The number of aromatic amines is 1. The molecule has 0 unspecified atom stereocenters. The van der Waals surface area contributed by atoms with Crippen molar-refractivity contribution in [3.05, 3.63) is 29.5 Å². The van der Waals surface area contributed by atoms with E-state index in [1.807, 2.05) is 6.07 Å². The van der Waals surface area contributed by atoms with E-state index < -0.39 is 9.73 Å². The first-order valence-corrected chi connectivity index (χ1v) is 11.6. The van der Waals surface area contributed by atoms with Gasteiger partial charge in [-0.05, 0) is 19.1 Å². The number of hydrogen-bond donors (Lipinski definition) is 1. The average Bonchev–Trinajstić information content (AvgIpc) is 3.08. The predicted octanol–water partition coefficient (Wildman–Crippen LogP) is 3.26. The number of halogens is 1. The largest absolute Gasteiger partial charge is 0.377 e. The van der Waals surface area contributed by atoms with Crippen LogP contribution in [-0.2, 0) is 14.5 Å². The van der Waals surface area contributed by atoms with Crippen LogP contribution in [0.25, 0.3) is 22.4 Å². The summed E-state index contributed by atoms with van der Waals surface area (Å²) in [6, 6.07) is 5.57. The van der Waals surface area contributed by atoms with Gasteiger partial charge in [0, 0.05) is 52.0 Å². The van der Waals surface area contributed by atoms with Crippen LogP contribution in [0.3, 0.4) is 0 Å². The summed E-state index contributed by atoms with van der Waals surface area (Å²) in [5.74, 6) is 1.57. The molecule has 1 aliphatic rings. The number of morpholine rings is 1. The van der Waals surface area contributed by atoms with Gasteiger partial charge in [-0.15, -0.1) is 0 Å². The molecule has 1 aliphatic heterocycles. The summed E-state index contributed by atoms with van der Waals surface area (Å²) in [5.41, 5.74) is 1.40. The van der Waals surface area contributed by atoms with Crippen LogP contribution in [0.15, 0.2) is 28.8 Å². The first-order chi connectivity index (χ1) is 13.3. The van der Waals surface area contributed by atoms with E-state index in [2.05, 4.69) is 31.1 Å². The molecule has 0 radical (unpaired) electrons. The number of nitrogens with one attached hydrogen (secondary N) is 1. The van der Waals surface area contributed by atoms with Crippen LogP contribution in [0.1, 0.15) is 6.92 Å². The molecule has 148 valence electrons. The Balaban J connectivity index is 1.93. The molecule has 4 heterocycles. The number of aromatic nitrogens is 4. The van der Waals surface area contributed by atoms with Crippen molar-refractivity contribution in [3.8, 4) is 11.4 Å². The van der Waals surface area contributed by atoms with Crippen LogP contribution >= 0.6 is 11.6 Å². The molecule has 3 aromatic rings. The Kier molecular flexibility index (Phi) is 4.98. The van der Waals surface area contributed by atoms with Gasteiger partial charge < -0.3 is 14.6 Å². The van der Waals surface area contributed by atoms with Gasteiger partial charge in [-0.25, -0.2) is 19.2 Å². The third kappa shape index (κ3) is 3.96. The molecule has 0 bridgehead atoms. The fourth-order valence-corrected chi connectivity index (χ4v) is 3.96. The fraction of sp³-hybridized carbons (Fsp3) is 0.389. The maximum Gasteiger partial charge on any atom is 0.167 e. The number of H-pyrrole nitrogens is 1. The predicted molar refractivity (Wildman–Crippen MR) is 112 cm³/mol. The van der Waals surface area contributed by atoms with Crippen molar-refractivity contribution in [3.63, 3.8) is 0 Å². The second-order valence-corrected chi connectivity index (χ2v) is 9.96. The highest BCUT2D eigenvalue weighted by atomic mass is 35.5. The molecule has 0 aromatic carbocycles. The fourth-order valence-electron chi connectivity index (χ4n) is 3.22. The topological polar surface area (TPSA) is 96.4 Å². The Bertz CT molecular complexity index is 1150. The summed E-state index contributed by atoms with van der Waals surface area (Å²) in [6.07, 6.45) is 4.96. The van der Waals surface area contributed by atoms with Crippen LogP contribution in [0, 0.1) is 0 Å². The summed E-state index contributed by atoms with van der Waals surface area (Å²) >= 11 is 6.21. The molecule has 1 atom stereocenters. The molecule has 28 heavy (non-hydrogen) atoms. The zero-order chi connectivity index (χ0) is 19.9. The number of hydrogen-bond acceptors (Lipinski definition) is 7. The summed E-state index contributed by atoms with van der Waals surface area (Å²) in [5, 5.41) is 1.20. The van der Waals surface area contributed by atoms with Crippen molar-refractivity contribution in [2.45, 2.75) is 13.0 Å². The zero-order valence-corrected chi connectivity index (χ0v) is 17.4. The molecule has 3 aromatic heterocycles. The van der Waals surface area contributed by atoms with E-state index in [1.165, 1.54) is 0 Å². The van der Waals surface area contributed by atoms with Crippen molar-refractivity contribution in [2.75, 3.05) is 37.2 Å². The van der Waals surface area contributed by atoms with Crippen LogP contribution in [-0.4, -0.2) is 62.5 Å². The summed E-state index contributed by atoms with van der Waals surface area (Å²) in [7, 11) is -2.38. The number of anilines is 1. The highest BCUT2D eigenvalue weighted by Gasteiger charge is 2.22. The molecular weight excluding hydrogens is 400 g/mol. The van der Waals surface area contributed by atoms with Crippen molar-refractivity contribution >= 4 is 44.0 Å². The maximum atomic E-state index is 12.3. The lowest BCUT2D eigenvalue weighted by atomic mass is 10.1. The molecule has 0 amide bonds. The molecule has 0 spiro atoms. The quantitative estimate of drug-likeness (QED) is 0.653. The van der Waals surface area contributed by atoms with Gasteiger partial charge in [0.1, 0.15) is 16.6 Å². The van der Waals surface area contributed by atoms with Gasteiger partial charge in [0.2, 0.25) is 0 Å². The lowest BCUT2D eigenvalue weighted by molar-refractivity contribution is 0.0985. The smallest absolute Gasteiger partial charge is 0.167 e. The first kappa shape index (κ1) is 19.1. The molecule has 1 fully saturated rings. The van der Waals surface area contributed by atoms with Gasteiger partial charge in [0.25, 0.3) is 0 Å². The lowest BCUT2D eigenvalue weighted by Crippen LogP contribution is -2.44. The Morgan fingerprint density at radius 2 is 2.14 bits per heavy atom. The van der Waals surface area contributed by atoms with E-state index in [-0.39, 0.29) is 6.04 Å². The molecule has 4 rings (SSSR count). The Hall–Kier alpha value is -2.23. The highest BCUT2D eigenvalue weighted by Crippen LogP contribution is 2.31. The Morgan fingerprint density at radius 3 is 2.89 bits per heavy atom. The van der Waals surface area contributed by atoms with Gasteiger partial charge in [0.05, 0.1) is 19.3 Å². The van der Waals surface area contributed by atoms with E-state index >= 15 is 0 Å². The van der Waals surface area contributed by atoms with Crippen molar-refractivity contribution in [2.24, 2.45) is 4.36 Å². The minimum absolute atomic E-state index is 0.158. The molecular formula is C18H21ClN6O2S. The van der Waals surface area contributed by atoms with Gasteiger partial charge in [-0.2, -0.15) is 4.36 Å². The molecule has 1 saturated heterocycles. The third-order valence-electron chi connectivity index (χ3n) is 4.41. The molecule has 10 heteroatoms. The van der Waals surface area contributed by atoms with Gasteiger partial charge in [-0.1, -0.05) is 11.6 Å². The number of fused-ring (bicyclic) bond motifs is 1. The van der Waals surface area contributed by atoms with Crippen molar-refractivity contribution in [1.29, 1.82) is 0 Å². The SMILES string of the molecule is C[C@@H]1COCCN1c1cc(N=S(C)(C)=O)nc(-c2cc(Cl)nc3[nH]ccc23)n1. The van der Waals surface area contributed by atoms with E-state index in [0.29, 0.717) is 42.2 Å². The monoisotopic (exact) mass is 420 g/mol. The standard InChI is InChI=1S/C18H21ClN6O2S/c1-11-10-27-7-6-25(11)16-9-15(24-28(2,3)26)22-18(23-16)13-8-14(19)21-17-12(13)4-5-20-17/h4-5,8-9,11H,6-7,10H2,1-3H3,(H,20,21)/t11-/m1/s1. The van der Waals surface area contributed by atoms with Crippen LogP contribution in [0.4, 0.5) is 11.6 Å². The van der Waals surface area contributed by atoms with E-state index in [0.717, 1.165) is 16.8 Å². The minimum Gasteiger partial charge on any atom is -0.377 e. The summed E-state index contributed by atoms with van der Waals surface area (Å²) in [6.45, 7) is 4.03. The van der Waals surface area contributed by atoms with Crippen molar-refractivity contribution < 1.29 is 8.95 Å².